The van der Waals surface area contributed by atoms with Crippen molar-refractivity contribution in [3.63, 3.8) is 0 Å². The van der Waals surface area contributed by atoms with E-state index in [9.17, 15) is 4.79 Å². The quantitative estimate of drug-likeness (QED) is 0.275. The molecule has 0 aliphatic carbocycles. The summed E-state index contributed by atoms with van der Waals surface area (Å²) >= 11 is 0. The third-order valence-corrected chi connectivity index (χ3v) is 5.15. The molecule has 1 aromatic heterocycles. The Balaban J connectivity index is 1.76. The molecule has 0 N–H and O–H groups in total. The maximum atomic E-state index is 11.6. The fourth-order valence-corrected chi connectivity index (χ4v) is 3.48. The SMILES string of the molecule is CCCCCCCCCCCCCCCCCCn1ccccc1=O. The van der Waals surface area contributed by atoms with Gasteiger partial charge in [-0.05, 0) is 12.5 Å². The van der Waals surface area contributed by atoms with Gasteiger partial charge in [0.2, 0.25) is 5.56 Å². The molecule has 0 radical (unpaired) electrons. The van der Waals surface area contributed by atoms with Crippen molar-refractivity contribution in [2.45, 2.75) is 116 Å². The van der Waals surface area contributed by atoms with E-state index in [4.69, 9.17) is 0 Å². The van der Waals surface area contributed by atoms with Crippen LogP contribution in [-0.4, -0.2) is 4.57 Å². The molecule has 0 saturated heterocycles. The van der Waals surface area contributed by atoms with Crippen molar-refractivity contribution in [3.05, 3.63) is 34.7 Å². The van der Waals surface area contributed by atoms with Crippen molar-refractivity contribution in [1.82, 2.24) is 4.57 Å². The van der Waals surface area contributed by atoms with Crippen LogP contribution in [0.3, 0.4) is 0 Å². The van der Waals surface area contributed by atoms with Crippen molar-refractivity contribution < 1.29 is 0 Å². The van der Waals surface area contributed by atoms with E-state index in [-0.39, 0.29) is 5.56 Å². The van der Waals surface area contributed by atoms with Gasteiger partial charge in [-0.25, -0.2) is 0 Å². The van der Waals surface area contributed by atoms with Gasteiger partial charge in [-0.1, -0.05) is 109 Å². The van der Waals surface area contributed by atoms with Crippen LogP contribution in [0, 0.1) is 0 Å². The molecule has 2 heteroatoms. The summed E-state index contributed by atoms with van der Waals surface area (Å²) in [6.07, 6.45) is 24.1. The number of unbranched alkanes of at least 4 members (excludes halogenated alkanes) is 15. The summed E-state index contributed by atoms with van der Waals surface area (Å²) in [6, 6.07) is 5.40. The van der Waals surface area contributed by atoms with E-state index in [2.05, 4.69) is 6.92 Å². The van der Waals surface area contributed by atoms with E-state index in [0.717, 1.165) is 13.0 Å². The predicted octanol–water partition coefficient (Wildman–Crippen LogP) is 7.11. The Morgan fingerprint density at radius 3 is 1.52 bits per heavy atom. The average Bonchev–Trinajstić information content (AvgIpc) is 2.63. The lowest BCUT2D eigenvalue weighted by Gasteiger charge is -2.05. The monoisotopic (exact) mass is 347 g/mol. The van der Waals surface area contributed by atoms with E-state index in [1.165, 1.54) is 96.3 Å². The molecule has 1 heterocycles. The highest BCUT2D eigenvalue weighted by Gasteiger charge is 1.96. The number of nitrogens with zero attached hydrogens (tertiary/aromatic N) is 1. The van der Waals surface area contributed by atoms with Crippen molar-refractivity contribution in [1.29, 1.82) is 0 Å². The summed E-state index contributed by atoms with van der Waals surface area (Å²) in [5.41, 5.74) is 0.128. The summed E-state index contributed by atoms with van der Waals surface area (Å²) in [4.78, 5) is 11.6. The summed E-state index contributed by atoms with van der Waals surface area (Å²) in [6.45, 7) is 3.16. The second-order valence-electron chi connectivity index (χ2n) is 7.54. The highest BCUT2D eigenvalue weighted by atomic mass is 16.1. The van der Waals surface area contributed by atoms with Gasteiger partial charge in [0.1, 0.15) is 0 Å². The van der Waals surface area contributed by atoms with Gasteiger partial charge in [0.05, 0.1) is 0 Å². The summed E-state index contributed by atoms with van der Waals surface area (Å²) in [5, 5.41) is 0. The first kappa shape index (κ1) is 22.0. The zero-order chi connectivity index (χ0) is 18.0. The van der Waals surface area contributed by atoms with Gasteiger partial charge in [0, 0.05) is 18.8 Å². The Bertz CT molecular complexity index is 451. The zero-order valence-electron chi connectivity index (χ0n) is 16.7. The molecular weight excluding hydrogens is 306 g/mol. The number of aromatic nitrogens is 1. The molecule has 0 spiro atoms. The molecule has 0 fully saturated rings. The molecule has 0 aliphatic rings. The summed E-state index contributed by atoms with van der Waals surface area (Å²) in [5.74, 6) is 0. The second kappa shape index (κ2) is 16.4. The smallest absolute Gasteiger partial charge is 0.250 e. The van der Waals surface area contributed by atoms with Crippen molar-refractivity contribution in [2.75, 3.05) is 0 Å². The van der Waals surface area contributed by atoms with E-state index < -0.39 is 0 Å². The van der Waals surface area contributed by atoms with Gasteiger partial charge in [0.25, 0.3) is 0 Å². The first-order valence-corrected chi connectivity index (χ1v) is 11.0. The number of rotatable bonds is 17. The second-order valence-corrected chi connectivity index (χ2v) is 7.54. The summed E-state index contributed by atoms with van der Waals surface area (Å²) in [7, 11) is 0. The largest absolute Gasteiger partial charge is 0.316 e. The average molecular weight is 348 g/mol. The molecule has 25 heavy (non-hydrogen) atoms. The van der Waals surface area contributed by atoms with Crippen molar-refractivity contribution >= 4 is 0 Å². The summed E-state index contributed by atoms with van der Waals surface area (Å²) < 4.78 is 1.82. The van der Waals surface area contributed by atoms with Crippen LogP contribution in [0.4, 0.5) is 0 Å². The van der Waals surface area contributed by atoms with Gasteiger partial charge in [-0.2, -0.15) is 0 Å². The molecule has 0 atom stereocenters. The fraction of sp³-hybridized carbons (Fsp3) is 0.783. The zero-order valence-corrected chi connectivity index (χ0v) is 16.7. The van der Waals surface area contributed by atoms with Crippen LogP contribution in [0.15, 0.2) is 29.2 Å². The number of aryl methyl sites for hydroxylation is 1. The number of hydrogen-bond donors (Lipinski definition) is 0. The van der Waals surface area contributed by atoms with Crippen LogP contribution in [0.1, 0.15) is 110 Å². The van der Waals surface area contributed by atoms with E-state index in [0.29, 0.717) is 0 Å². The maximum Gasteiger partial charge on any atom is 0.250 e. The highest BCUT2D eigenvalue weighted by molar-refractivity contribution is 4.92. The van der Waals surface area contributed by atoms with Crippen LogP contribution in [0.2, 0.25) is 0 Å². The Morgan fingerprint density at radius 1 is 0.640 bits per heavy atom. The molecule has 0 unspecified atom stereocenters. The van der Waals surface area contributed by atoms with Gasteiger partial charge in [-0.3, -0.25) is 4.79 Å². The standard InChI is InChI=1S/C23H41NO/c1-2-3-4-5-6-7-8-9-10-11-12-13-14-15-16-18-21-24-22-19-17-20-23(24)25/h17,19-20,22H,2-16,18,21H2,1H3. The van der Waals surface area contributed by atoms with E-state index in [1.54, 1.807) is 6.07 Å². The fourth-order valence-electron chi connectivity index (χ4n) is 3.48. The minimum atomic E-state index is 0.128. The minimum absolute atomic E-state index is 0.128. The van der Waals surface area contributed by atoms with E-state index >= 15 is 0 Å². The lowest BCUT2D eigenvalue weighted by atomic mass is 10.0. The molecule has 0 aliphatic heterocycles. The van der Waals surface area contributed by atoms with Gasteiger partial charge in [0.15, 0.2) is 0 Å². The van der Waals surface area contributed by atoms with E-state index in [1.807, 2.05) is 22.9 Å². The molecule has 0 saturated carbocycles. The lowest BCUT2D eigenvalue weighted by molar-refractivity contribution is 0.518. The van der Waals surface area contributed by atoms with Crippen molar-refractivity contribution in [3.8, 4) is 0 Å². The van der Waals surface area contributed by atoms with Crippen LogP contribution >= 0.6 is 0 Å². The Morgan fingerprint density at radius 2 is 1.08 bits per heavy atom. The maximum absolute atomic E-state index is 11.6. The minimum Gasteiger partial charge on any atom is -0.316 e. The van der Waals surface area contributed by atoms with Crippen LogP contribution in [0.5, 0.6) is 0 Å². The first-order valence-electron chi connectivity index (χ1n) is 11.0. The van der Waals surface area contributed by atoms with Gasteiger partial charge >= 0.3 is 0 Å². The van der Waals surface area contributed by atoms with Crippen LogP contribution < -0.4 is 5.56 Å². The molecule has 2 nitrogen and oxygen atoms in total. The molecular formula is C23H41NO. The topological polar surface area (TPSA) is 22.0 Å². The number of hydrogen-bond acceptors (Lipinski definition) is 1. The van der Waals surface area contributed by atoms with Crippen LogP contribution in [0.25, 0.3) is 0 Å². The Kier molecular flexibility index (Phi) is 14.4. The Hall–Kier alpha value is -1.05. The normalized spacial score (nSPS) is 11.1. The number of pyridine rings is 1. The molecule has 144 valence electrons. The molecule has 0 amide bonds. The first-order chi connectivity index (χ1) is 12.3. The van der Waals surface area contributed by atoms with Gasteiger partial charge < -0.3 is 4.57 Å². The molecule has 1 aromatic rings. The van der Waals surface area contributed by atoms with Crippen molar-refractivity contribution in [2.24, 2.45) is 0 Å². The molecule has 1 rings (SSSR count). The molecule has 0 aromatic carbocycles. The lowest BCUT2D eigenvalue weighted by Crippen LogP contribution is -2.17. The molecule has 0 bridgehead atoms. The van der Waals surface area contributed by atoms with Gasteiger partial charge in [-0.15, -0.1) is 0 Å². The van der Waals surface area contributed by atoms with Crippen LogP contribution in [-0.2, 0) is 6.54 Å². The third kappa shape index (κ3) is 12.9. The third-order valence-electron chi connectivity index (χ3n) is 5.15. The Labute approximate surface area is 156 Å². The predicted molar refractivity (Wildman–Crippen MR) is 110 cm³/mol. The highest BCUT2D eigenvalue weighted by Crippen LogP contribution is 2.13.